The maximum Gasteiger partial charge on any atom is 0.0170 e. The molecule has 0 heterocycles. The van der Waals surface area contributed by atoms with E-state index in [-0.39, 0.29) is 0 Å². The standard InChI is InChI=1S/C9H18N2/c10-6-7-11-8-9-4-2-1-3-5-9/h6-7,9,11H,1-5,8,10H2/b7-6-. The minimum Gasteiger partial charge on any atom is -0.403 e. The first-order valence-electron chi connectivity index (χ1n) is 4.53. The van der Waals surface area contributed by atoms with Gasteiger partial charge in [0.1, 0.15) is 0 Å². The molecule has 0 unspecified atom stereocenters. The maximum absolute atomic E-state index is 5.20. The lowest BCUT2D eigenvalue weighted by Gasteiger charge is -2.20. The highest BCUT2D eigenvalue weighted by Crippen LogP contribution is 2.22. The van der Waals surface area contributed by atoms with Gasteiger partial charge in [-0.15, -0.1) is 0 Å². The molecule has 0 aromatic rings. The van der Waals surface area contributed by atoms with Gasteiger partial charge in [-0.25, -0.2) is 0 Å². The van der Waals surface area contributed by atoms with Gasteiger partial charge in [0.05, 0.1) is 0 Å². The zero-order chi connectivity index (χ0) is 7.94. The minimum atomic E-state index is 0.889. The van der Waals surface area contributed by atoms with E-state index in [1.807, 2.05) is 6.20 Å². The van der Waals surface area contributed by atoms with Crippen LogP contribution in [0.3, 0.4) is 0 Å². The van der Waals surface area contributed by atoms with Gasteiger partial charge < -0.3 is 11.1 Å². The Morgan fingerprint density at radius 2 is 2.00 bits per heavy atom. The SMILES string of the molecule is N/C=C\NCC1CCCCC1. The lowest BCUT2D eigenvalue weighted by atomic mass is 9.89. The van der Waals surface area contributed by atoms with E-state index in [0.717, 1.165) is 12.5 Å². The second-order valence-electron chi connectivity index (χ2n) is 3.27. The number of rotatable bonds is 3. The van der Waals surface area contributed by atoms with Gasteiger partial charge in [-0.1, -0.05) is 19.3 Å². The van der Waals surface area contributed by atoms with Gasteiger partial charge in [-0.05, 0) is 18.8 Å². The summed E-state index contributed by atoms with van der Waals surface area (Å²) in [5.74, 6) is 0.889. The molecule has 0 bridgehead atoms. The molecule has 0 aromatic carbocycles. The fourth-order valence-electron chi connectivity index (χ4n) is 1.69. The minimum absolute atomic E-state index is 0.889. The van der Waals surface area contributed by atoms with Crippen LogP contribution in [0.15, 0.2) is 12.4 Å². The predicted octanol–water partition coefficient (Wildman–Crippen LogP) is 1.59. The van der Waals surface area contributed by atoms with Gasteiger partial charge in [0.15, 0.2) is 0 Å². The van der Waals surface area contributed by atoms with Gasteiger partial charge in [-0.3, -0.25) is 0 Å². The summed E-state index contributed by atoms with van der Waals surface area (Å²) in [6.45, 7) is 1.10. The molecule has 0 aliphatic heterocycles. The second-order valence-corrected chi connectivity index (χ2v) is 3.27. The van der Waals surface area contributed by atoms with Crippen LogP contribution >= 0.6 is 0 Å². The van der Waals surface area contributed by atoms with E-state index < -0.39 is 0 Å². The molecule has 1 fully saturated rings. The lowest BCUT2D eigenvalue weighted by Crippen LogP contribution is -2.20. The highest BCUT2D eigenvalue weighted by molar-refractivity contribution is 4.76. The average Bonchev–Trinajstić information content (AvgIpc) is 2.07. The van der Waals surface area contributed by atoms with Crippen LogP contribution in [0, 0.1) is 5.92 Å². The van der Waals surface area contributed by atoms with E-state index in [1.54, 1.807) is 6.20 Å². The number of hydrogen-bond donors (Lipinski definition) is 2. The number of nitrogens with two attached hydrogens (primary N) is 1. The van der Waals surface area contributed by atoms with Crippen molar-refractivity contribution >= 4 is 0 Å². The molecule has 2 nitrogen and oxygen atoms in total. The first kappa shape index (κ1) is 8.44. The van der Waals surface area contributed by atoms with Crippen molar-refractivity contribution in [2.24, 2.45) is 11.7 Å². The van der Waals surface area contributed by atoms with Crippen molar-refractivity contribution in [2.45, 2.75) is 32.1 Å². The molecule has 0 spiro atoms. The van der Waals surface area contributed by atoms with Gasteiger partial charge in [-0.2, -0.15) is 0 Å². The van der Waals surface area contributed by atoms with E-state index in [4.69, 9.17) is 5.73 Å². The van der Waals surface area contributed by atoms with E-state index in [0.29, 0.717) is 0 Å². The van der Waals surface area contributed by atoms with Gasteiger partial charge in [0.2, 0.25) is 0 Å². The van der Waals surface area contributed by atoms with E-state index in [2.05, 4.69) is 5.32 Å². The van der Waals surface area contributed by atoms with Crippen LogP contribution in [0.1, 0.15) is 32.1 Å². The third-order valence-corrected chi connectivity index (χ3v) is 2.35. The molecular weight excluding hydrogens is 136 g/mol. The van der Waals surface area contributed by atoms with Crippen LogP contribution in [-0.4, -0.2) is 6.54 Å². The normalized spacial score (nSPS) is 20.7. The molecule has 0 radical (unpaired) electrons. The number of hydrogen-bond acceptors (Lipinski definition) is 2. The van der Waals surface area contributed by atoms with E-state index in [9.17, 15) is 0 Å². The third-order valence-electron chi connectivity index (χ3n) is 2.35. The molecule has 0 saturated heterocycles. The zero-order valence-electron chi connectivity index (χ0n) is 7.05. The monoisotopic (exact) mass is 154 g/mol. The third kappa shape index (κ3) is 3.30. The number of nitrogens with one attached hydrogen (secondary N) is 1. The van der Waals surface area contributed by atoms with E-state index in [1.165, 1.54) is 32.1 Å². The molecule has 1 aliphatic carbocycles. The highest BCUT2D eigenvalue weighted by atomic mass is 14.8. The maximum atomic E-state index is 5.20. The summed E-state index contributed by atoms with van der Waals surface area (Å²) >= 11 is 0. The van der Waals surface area contributed by atoms with Crippen LogP contribution in [0.2, 0.25) is 0 Å². The Labute approximate surface area is 68.9 Å². The Balaban J connectivity index is 2.04. The van der Waals surface area contributed by atoms with Gasteiger partial charge in [0, 0.05) is 18.9 Å². The molecule has 1 rings (SSSR count). The Morgan fingerprint density at radius 3 is 2.64 bits per heavy atom. The highest BCUT2D eigenvalue weighted by Gasteiger charge is 2.11. The van der Waals surface area contributed by atoms with Crippen molar-refractivity contribution in [3.05, 3.63) is 12.4 Å². The molecular formula is C9H18N2. The summed E-state index contributed by atoms with van der Waals surface area (Å²) < 4.78 is 0. The largest absolute Gasteiger partial charge is 0.403 e. The first-order chi connectivity index (χ1) is 5.43. The summed E-state index contributed by atoms with van der Waals surface area (Å²) in [4.78, 5) is 0. The molecule has 2 heteroatoms. The van der Waals surface area contributed by atoms with Crippen molar-refractivity contribution < 1.29 is 0 Å². The molecule has 0 aromatic heterocycles. The van der Waals surface area contributed by atoms with Crippen LogP contribution in [0.4, 0.5) is 0 Å². The van der Waals surface area contributed by atoms with Crippen molar-refractivity contribution in [1.29, 1.82) is 0 Å². The summed E-state index contributed by atoms with van der Waals surface area (Å²) in [6.07, 6.45) is 10.4. The Bertz CT molecular complexity index is 115. The quantitative estimate of drug-likeness (QED) is 0.647. The molecule has 11 heavy (non-hydrogen) atoms. The van der Waals surface area contributed by atoms with Gasteiger partial charge >= 0.3 is 0 Å². The fraction of sp³-hybridized carbons (Fsp3) is 0.778. The fourth-order valence-corrected chi connectivity index (χ4v) is 1.69. The molecule has 0 amide bonds. The summed E-state index contributed by atoms with van der Waals surface area (Å²) in [7, 11) is 0. The average molecular weight is 154 g/mol. The van der Waals surface area contributed by atoms with Crippen LogP contribution < -0.4 is 11.1 Å². The topological polar surface area (TPSA) is 38.0 Å². The van der Waals surface area contributed by atoms with Crippen molar-refractivity contribution in [2.75, 3.05) is 6.54 Å². The molecule has 1 saturated carbocycles. The van der Waals surface area contributed by atoms with Crippen molar-refractivity contribution in [3.63, 3.8) is 0 Å². The van der Waals surface area contributed by atoms with Crippen molar-refractivity contribution in [3.8, 4) is 0 Å². The predicted molar refractivity (Wildman–Crippen MR) is 47.9 cm³/mol. The first-order valence-corrected chi connectivity index (χ1v) is 4.53. The van der Waals surface area contributed by atoms with Crippen molar-refractivity contribution in [1.82, 2.24) is 5.32 Å². The zero-order valence-corrected chi connectivity index (χ0v) is 7.05. The Kier molecular flexibility index (Phi) is 3.87. The summed E-state index contributed by atoms with van der Waals surface area (Å²) in [5, 5.41) is 3.20. The Morgan fingerprint density at radius 1 is 1.27 bits per heavy atom. The van der Waals surface area contributed by atoms with Gasteiger partial charge in [0.25, 0.3) is 0 Å². The molecule has 1 aliphatic rings. The van der Waals surface area contributed by atoms with Crippen LogP contribution in [-0.2, 0) is 0 Å². The molecule has 64 valence electrons. The van der Waals surface area contributed by atoms with E-state index >= 15 is 0 Å². The molecule has 3 N–H and O–H groups in total. The summed E-state index contributed by atoms with van der Waals surface area (Å²) in [6, 6.07) is 0. The lowest BCUT2D eigenvalue weighted by molar-refractivity contribution is 0.353. The summed E-state index contributed by atoms with van der Waals surface area (Å²) in [5.41, 5.74) is 5.20. The van der Waals surface area contributed by atoms with Crippen LogP contribution in [0.5, 0.6) is 0 Å². The molecule has 0 atom stereocenters. The second kappa shape index (κ2) is 5.05. The van der Waals surface area contributed by atoms with Crippen LogP contribution in [0.25, 0.3) is 0 Å². The smallest absolute Gasteiger partial charge is 0.0170 e. The Hall–Kier alpha value is -0.660.